The standard InChI is InChI=1S/C15H21FN2O2/c1-11-6-7-15(8-11,10-17)20-9-14(19)18-13-4-2-12(16)3-5-13/h2-5,11H,6-10,17H2,1H3,(H,18,19). The van der Waals surface area contributed by atoms with Crippen LogP contribution in [0.25, 0.3) is 0 Å². The fourth-order valence-corrected chi connectivity index (χ4v) is 2.67. The van der Waals surface area contributed by atoms with Gasteiger partial charge in [-0.2, -0.15) is 0 Å². The van der Waals surface area contributed by atoms with E-state index in [9.17, 15) is 9.18 Å². The van der Waals surface area contributed by atoms with Crippen LogP contribution in [0.3, 0.4) is 0 Å². The molecule has 0 aliphatic heterocycles. The van der Waals surface area contributed by atoms with Crippen molar-refractivity contribution >= 4 is 11.6 Å². The number of amides is 1. The minimum Gasteiger partial charge on any atom is -0.364 e. The Morgan fingerprint density at radius 2 is 2.20 bits per heavy atom. The summed E-state index contributed by atoms with van der Waals surface area (Å²) in [5.74, 6) is 0.00368. The molecule has 20 heavy (non-hydrogen) atoms. The van der Waals surface area contributed by atoms with Gasteiger partial charge in [0, 0.05) is 12.2 Å². The topological polar surface area (TPSA) is 64.3 Å². The van der Waals surface area contributed by atoms with Crippen molar-refractivity contribution in [2.75, 3.05) is 18.5 Å². The van der Waals surface area contributed by atoms with E-state index in [0.717, 1.165) is 19.3 Å². The Morgan fingerprint density at radius 3 is 2.75 bits per heavy atom. The van der Waals surface area contributed by atoms with E-state index in [2.05, 4.69) is 12.2 Å². The second-order valence-corrected chi connectivity index (χ2v) is 5.58. The van der Waals surface area contributed by atoms with E-state index >= 15 is 0 Å². The molecule has 0 aromatic heterocycles. The Hall–Kier alpha value is -1.46. The molecule has 2 atom stereocenters. The molecular formula is C15H21FN2O2. The van der Waals surface area contributed by atoms with Crippen LogP contribution in [0.5, 0.6) is 0 Å². The third-order valence-electron chi connectivity index (χ3n) is 3.82. The third-order valence-corrected chi connectivity index (χ3v) is 3.82. The van der Waals surface area contributed by atoms with Gasteiger partial charge < -0.3 is 15.8 Å². The van der Waals surface area contributed by atoms with Crippen LogP contribution >= 0.6 is 0 Å². The number of ether oxygens (including phenoxy) is 1. The Kier molecular flexibility index (Phi) is 4.73. The number of anilines is 1. The van der Waals surface area contributed by atoms with E-state index in [4.69, 9.17) is 10.5 Å². The molecule has 1 fully saturated rings. The Bertz CT molecular complexity index is 463. The van der Waals surface area contributed by atoms with Crippen molar-refractivity contribution < 1.29 is 13.9 Å². The van der Waals surface area contributed by atoms with Crippen LogP contribution < -0.4 is 11.1 Å². The summed E-state index contributed by atoms with van der Waals surface area (Å²) in [6.07, 6.45) is 2.87. The SMILES string of the molecule is CC1CCC(CN)(OCC(=O)Nc2ccc(F)cc2)C1. The maximum atomic E-state index is 12.8. The highest BCUT2D eigenvalue weighted by Crippen LogP contribution is 2.36. The van der Waals surface area contributed by atoms with Gasteiger partial charge in [-0.1, -0.05) is 6.92 Å². The molecule has 2 unspecified atom stereocenters. The van der Waals surface area contributed by atoms with Gasteiger partial charge in [-0.15, -0.1) is 0 Å². The van der Waals surface area contributed by atoms with Gasteiger partial charge in [-0.25, -0.2) is 4.39 Å². The molecule has 5 heteroatoms. The van der Waals surface area contributed by atoms with Gasteiger partial charge >= 0.3 is 0 Å². The summed E-state index contributed by atoms with van der Waals surface area (Å²) in [5.41, 5.74) is 5.98. The van der Waals surface area contributed by atoms with Crippen molar-refractivity contribution in [3.05, 3.63) is 30.1 Å². The lowest BCUT2D eigenvalue weighted by molar-refractivity contribution is -0.127. The maximum absolute atomic E-state index is 12.8. The number of nitrogens with one attached hydrogen (secondary N) is 1. The second-order valence-electron chi connectivity index (χ2n) is 5.58. The second kappa shape index (κ2) is 6.33. The summed E-state index contributed by atoms with van der Waals surface area (Å²) in [7, 11) is 0. The molecule has 1 amide bonds. The first-order chi connectivity index (χ1) is 9.53. The van der Waals surface area contributed by atoms with Crippen LogP contribution in [-0.2, 0) is 9.53 Å². The first kappa shape index (κ1) is 14.9. The third kappa shape index (κ3) is 3.77. The summed E-state index contributed by atoms with van der Waals surface area (Å²) in [4.78, 5) is 11.8. The van der Waals surface area contributed by atoms with E-state index in [1.807, 2.05) is 0 Å². The zero-order chi connectivity index (χ0) is 14.6. The molecule has 1 aromatic carbocycles. The zero-order valence-corrected chi connectivity index (χ0v) is 11.7. The number of hydrogen-bond donors (Lipinski definition) is 2. The van der Waals surface area contributed by atoms with Crippen LogP contribution in [0.2, 0.25) is 0 Å². The van der Waals surface area contributed by atoms with E-state index in [1.54, 1.807) is 0 Å². The summed E-state index contributed by atoms with van der Waals surface area (Å²) in [6, 6.07) is 5.64. The van der Waals surface area contributed by atoms with Gasteiger partial charge in [0.2, 0.25) is 5.91 Å². The summed E-state index contributed by atoms with van der Waals surface area (Å²) in [6.45, 7) is 2.57. The number of nitrogens with two attached hydrogens (primary N) is 1. The summed E-state index contributed by atoms with van der Waals surface area (Å²) < 4.78 is 18.5. The van der Waals surface area contributed by atoms with Gasteiger partial charge in [-0.05, 0) is 49.4 Å². The molecule has 4 nitrogen and oxygen atoms in total. The lowest BCUT2D eigenvalue weighted by Gasteiger charge is -2.27. The van der Waals surface area contributed by atoms with Crippen LogP contribution in [-0.4, -0.2) is 24.7 Å². The first-order valence-electron chi connectivity index (χ1n) is 6.92. The maximum Gasteiger partial charge on any atom is 0.250 e. The largest absolute Gasteiger partial charge is 0.364 e. The quantitative estimate of drug-likeness (QED) is 0.870. The van der Waals surface area contributed by atoms with Gasteiger partial charge in [0.25, 0.3) is 0 Å². The molecule has 0 spiro atoms. The molecular weight excluding hydrogens is 259 g/mol. The van der Waals surface area contributed by atoms with E-state index in [1.165, 1.54) is 24.3 Å². The molecule has 0 radical (unpaired) electrons. The molecule has 1 aliphatic carbocycles. The number of carbonyl (C=O) groups excluding carboxylic acids is 1. The average molecular weight is 280 g/mol. The highest BCUT2D eigenvalue weighted by Gasteiger charge is 2.37. The van der Waals surface area contributed by atoms with Gasteiger partial charge in [0.15, 0.2) is 0 Å². The first-order valence-corrected chi connectivity index (χ1v) is 6.92. The van der Waals surface area contributed by atoms with Crippen molar-refractivity contribution in [3.63, 3.8) is 0 Å². The normalized spacial score (nSPS) is 25.6. The Labute approximate surface area is 118 Å². The van der Waals surface area contributed by atoms with Crippen molar-refractivity contribution in [1.29, 1.82) is 0 Å². The predicted molar refractivity (Wildman–Crippen MR) is 75.8 cm³/mol. The molecule has 1 saturated carbocycles. The number of benzene rings is 1. The molecule has 2 rings (SSSR count). The average Bonchev–Trinajstić information content (AvgIpc) is 2.82. The number of carbonyl (C=O) groups is 1. The highest BCUT2D eigenvalue weighted by molar-refractivity contribution is 5.91. The van der Waals surface area contributed by atoms with Gasteiger partial charge in [0.1, 0.15) is 12.4 Å². The molecule has 0 bridgehead atoms. The molecule has 110 valence electrons. The van der Waals surface area contributed by atoms with E-state index in [0.29, 0.717) is 18.2 Å². The van der Waals surface area contributed by atoms with Crippen LogP contribution in [0.15, 0.2) is 24.3 Å². The molecule has 1 aromatic rings. The molecule has 0 saturated heterocycles. The molecule has 3 N–H and O–H groups in total. The van der Waals surface area contributed by atoms with Crippen LogP contribution in [0, 0.1) is 11.7 Å². The van der Waals surface area contributed by atoms with E-state index in [-0.39, 0.29) is 23.9 Å². The Morgan fingerprint density at radius 1 is 1.50 bits per heavy atom. The summed E-state index contributed by atoms with van der Waals surface area (Å²) in [5, 5.41) is 2.67. The smallest absolute Gasteiger partial charge is 0.250 e. The van der Waals surface area contributed by atoms with Crippen LogP contribution in [0.1, 0.15) is 26.2 Å². The minimum atomic E-state index is -0.362. The van der Waals surface area contributed by atoms with Crippen molar-refractivity contribution in [1.82, 2.24) is 0 Å². The monoisotopic (exact) mass is 280 g/mol. The fraction of sp³-hybridized carbons (Fsp3) is 0.533. The minimum absolute atomic E-state index is 0.0265. The predicted octanol–water partition coefficient (Wildman–Crippen LogP) is 2.30. The molecule has 1 aliphatic rings. The van der Waals surface area contributed by atoms with Gasteiger partial charge in [0.05, 0.1) is 5.60 Å². The number of rotatable bonds is 5. The van der Waals surface area contributed by atoms with Crippen molar-refractivity contribution in [3.8, 4) is 0 Å². The zero-order valence-electron chi connectivity index (χ0n) is 11.7. The van der Waals surface area contributed by atoms with E-state index < -0.39 is 0 Å². The number of hydrogen-bond acceptors (Lipinski definition) is 3. The fourth-order valence-electron chi connectivity index (χ4n) is 2.67. The van der Waals surface area contributed by atoms with Gasteiger partial charge in [-0.3, -0.25) is 4.79 Å². The van der Waals surface area contributed by atoms with Crippen LogP contribution in [0.4, 0.5) is 10.1 Å². The Balaban J connectivity index is 1.84. The lowest BCUT2D eigenvalue weighted by atomic mass is 10.0. The van der Waals surface area contributed by atoms with Crippen molar-refractivity contribution in [2.45, 2.75) is 31.8 Å². The lowest BCUT2D eigenvalue weighted by Crippen LogP contribution is -2.40. The molecule has 0 heterocycles. The highest BCUT2D eigenvalue weighted by atomic mass is 19.1. The van der Waals surface area contributed by atoms with Crippen molar-refractivity contribution in [2.24, 2.45) is 11.7 Å². The summed E-state index contributed by atoms with van der Waals surface area (Å²) >= 11 is 0. The number of halogens is 1.